The molecule has 1 aromatic carbocycles. The molecule has 0 amide bonds. The molecule has 0 aliphatic rings. The number of rotatable bonds is 5. The van der Waals surface area contributed by atoms with Gasteiger partial charge in [-0.15, -0.1) is 11.3 Å². The van der Waals surface area contributed by atoms with E-state index in [1.54, 1.807) is 11.3 Å². The second-order valence-corrected chi connectivity index (χ2v) is 6.59. The molecule has 0 bridgehead atoms. The first kappa shape index (κ1) is 14.2. The van der Waals surface area contributed by atoms with Crippen LogP contribution in [-0.2, 0) is 6.54 Å². The third-order valence-electron chi connectivity index (χ3n) is 2.95. The molecular formula is C15H16N4S2. The van der Waals surface area contributed by atoms with E-state index in [0.717, 1.165) is 27.2 Å². The molecule has 0 aliphatic carbocycles. The van der Waals surface area contributed by atoms with E-state index in [0.29, 0.717) is 12.5 Å². The molecule has 0 aliphatic heterocycles. The molecule has 1 N–H and O–H groups in total. The zero-order valence-corrected chi connectivity index (χ0v) is 13.5. The minimum Gasteiger partial charge on any atom is -0.355 e. The van der Waals surface area contributed by atoms with Crippen molar-refractivity contribution in [2.75, 3.05) is 5.32 Å². The summed E-state index contributed by atoms with van der Waals surface area (Å²) in [5.74, 6) is 1.26. The minimum absolute atomic E-state index is 0.362. The van der Waals surface area contributed by atoms with Gasteiger partial charge >= 0.3 is 0 Å². The predicted octanol–water partition coefficient (Wildman–Crippen LogP) is 4.40. The Labute approximate surface area is 132 Å². The molecule has 0 atom stereocenters. The summed E-state index contributed by atoms with van der Waals surface area (Å²) in [4.78, 5) is 9.11. The monoisotopic (exact) mass is 316 g/mol. The van der Waals surface area contributed by atoms with Gasteiger partial charge in [0.1, 0.15) is 10.8 Å². The maximum Gasteiger partial charge on any atom is 0.202 e. The van der Waals surface area contributed by atoms with Gasteiger partial charge in [-0.1, -0.05) is 44.2 Å². The van der Waals surface area contributed by atoms with Crippen LogP contribution in [0.4, 0.5) is 5.13 Å². The number of anilines is 1. The van der Waals surface area contributed by atoms with Crippen LogP contribution >= 0.6 is 22.9 Å². The van der Waals surface area contributed by atoms with Crippen LogP contribution in [0.5, 0.6) is 0 Å². The van der Waals surface area contributed by atoms with Crippen LogP contribution in [0.15, 0.2) is 35.7 Å². The van der Waals surface area contributed by atoms with Crippen molar-refractivity contribution in [3.05, 3.63) is 47.2 Å². The molecule has 0 fully saturated rings. The summed E-state index contributed by atoms with van der Waals surface area (Å²) in [6.07, 6.45) is 0. The first-order valence-electron chi connectivity index (χ1n) is 6.79. The average Bonchev–Trinajstić information content (AvgIpc) is 3.15. The fourth-order valence-electron chi connectivity index (χ4n) is 1.81. The Morgan fingerprint density at radius 2 is 1.95 bits per heavy atom. The molecule has 2 aromatic heterocycles. The lowest BCUT2D eigenvalue weighted by molar-refractivity contribution is 0.799. The summed E-state index contributed by atoms with van der Waals surface area (Å²) in [6, 6.07) is 10.2. The molecule has 0 unspecified atom stereocenters. The van der Waals surface area contributed by atoms with Crippen LogP contribution in [0.2, 0.25) is 0 Å². The Morgan fingerprint density at radius 1 is 1.14 bits per heavy atom. The summed E-state index contributed by atoms with van der Waals surface area (Å²) in [6.45, 7) is 4.87. The lowest BCUT2D eigenvalue weighted by Gasteiger charge is -1.99. The van der Waals surface area contributed by atoms with E-state index in [4.69, 9.17) is 0 Å². The van der Waals surface area contributed by atoms with Gasteiger partial charge in [-0.25, -0.2) is 9.97 Å². The highest BCUT2D eigenvalue weighted by molar-refractivity contribution is 7.13. The van der Waals surface area contributed by atoms with E-state index >= 15 is 0 Å². The Hall–Kier alpha value is -1.79. The number of aromatic nitrogens is 3. The summed E-state index contributed by atoms with van der Waals surface area (Å²) in [5, 5.41) is 7.28. The summed E-state index contributed by atoms with van der Waals surface area (Å²) in [5.41, 5.74) is 2.19. The molecule has 0 spiro atoms. The van der Waals surface area contributed by atoms with Gasteiger partial charge in [0.15, 0.2) is 0 Å². The summed E-state index contributed by atoms with van der Waals surface area (Å²) in [7, 11) is 0. The van der Waals surface area contributed by atoms with Crippen LogP contribution < -0.4 is 5.32 Å². The normalized spacial score (nSPS) is 11.0. The Morgan fingerprint density at radius 3 is 2.67 bits per heavy atom. The van der Waals surface area contributed by atoms with Gasteiger partial charge in [0, 0.05) is 28.4 Å². The van der Waals surface area contributed by atoms with Crippen LogP contribution in [0, 0.1) is 0 Å². The fourth-order valence-corrected chi connectivity index (χ4v) is 3.34. The van der Waals surface area contributed by atoms with E-state index in [2.05, 4.69) is 51.0 Å². The Kier molecular flexibility index (Phi) is 4.26. The second-order valence-electron chi connectivity index (χ2n) is 4.98. The number of nitrogens with one attached hydrogen (secondary N) is 1. The molecule has 3 rings (SSSR count). The third kappa shape index (κ3) is 3.46. The number of benzene rings is 1. The first-order valence-corrected chi connectivity index (χ1v) is 8.45. The highest BCUT2D eigenvalue weighted by Gasteiger charge is 2.08. The van der Waals surface area contributed by atoms with E-state index in [1.807, 2.05) is 18.2 Å². The van der Waals surface area contributed by atoms with Gasteiger partial charge in [-0.3, -0.25) is 0 Å². The summed E-state index contributed by atoms with van der Waals surface area (Å²) < 4.78 is 4.33. The molecule has 0 saturated heterocycles. The van der Waals surface area contributed by atoms with Crippen molar-refractivity contribution in [1.29, 1.82) is 0 Å². The SMILES string of the molecule is CC(C)c1nsc(NCc2csc(-c3ccccc3)n2)n1. The zero-order chi connectivity index (χ0) is 14.7. The van der Waals surface area contributed by atoms with E-state index in [1.165, 1.54) is 11.5 Å². The first-order chi connectivity index (χ1) is 10.2. The highest BCUT2D eigenvalue weighted by Crippen LogP contribution is 2.24. The van der Waals surface area contributed by atoms with Crippen molar-refractivity contribution in [2.45, 2.75) is 26.3 Å². The molecule has 0 radical (unpaired) electrons. The molecule has 4 nitrogen and oxygen atoms in total. The van der Waals surface area contributed by atoms with Gasteiger partial charge in [0.05, 0.1) is 12.2 Å². The predicted molar refractivity (Wildman–Crippen MR) is 88.9 cm³/mol. The number of hydrogen-bond donors (Lipinski definition) is 1. The van der Waals surface area contributed by atoms with Crippen molar-refractivity contribution in [1.82, 2.24) is 14.3 Å². The van der Waals surface area contributed by atoms with E-state index in [-0.39, 0.29) is 0 Å². The second kappa shape index (κ2) is 6.32. The van der Waals surface area contributed by atoms with E-state index < -0.39 is 0 Å². The van der Waals surface area contributed by atoms with Gasteiger partial charge in [0.25, 0.3) is 0 Å². The third-order valence-corrected chi connectivity index (χ3v) is 4.58. The van der Waals surface area contributed by atoms with Crippen LogP contribution in [0.3, 0.4) is 0 Å². The molecule has 21 heavy (non-hydrogen) atoms. The maximum absolute atomic E-state index is 4.65. The van der Waals surface area contributed by atoms with Gasteiger partial charge in [-0.05, 0) is 0 Å². The van der Waals surface area contributed by atoms with Crippen LogP contribution in [-0.4, -0.2) is 14.3 Å². The number of nitrogens with zero attached hydrogens (tertiary/aromatic N) is 3. The van der Waals surface area contributed by atoms with Crippen molar-refractivity contribution in [3.8, 4) is 10.6 Å². The van der Waals surface area contributed by atoms with Gasteiger partial charge < -0.3 is 5.32 Å². The molecule has 2 heterocycles. The number of thiazole rings is 1. The van der Waals surface area contributed by atoms with Crippen molar-refractivity contribution in [3.63, 3.8) is 0 Å². The van der Waals surface area contributed by atoms with Crippen LogP contribution in [0.1, 0.15) is 31.3 Å². The Bertz CT molecular complexity index is 703. The molecule has 3 aromatic rings. The average molecular weight is 316 g/mol. The molecular weight excluding hydrogens is 300 g/mol. The molecule has 0 saturated carbocycles. The van der Waals surface area contributed by atoms with E-state index in [9.17, 15) is 0 Å². The number of hydrogen-bond acceptors (Lipinski definition) is 6. The molecule has 108 valence electrons. The van der Waals surface area contributed by atoms with Crippen molar-refractivity contribution >= 4 is 28.0 Å². The molecule has 6 heteroatoms. The standard InChI is InChI=1S/C15H16N4S2/c1-10(2)13-18-15(21-19-13)16-8-12-9-20-14(17-12)11-6-4-3-5-7-11/h3-7,9-10H,8H2,1-2H3,(H,16,18,19). The maximum atomic E-state index is 4.65. The highest BCUT2D eigenvalue weighted by atomic mass is 32.1. The summed E-state index contributed by atoms with van der Waals surface area (Å²) >= 11 is 3.07. The van der Waals surface area contributed by atoms with Crippen LogP contribution in [0.25, 0.3) is 10.6 Å². The smallest absolute Gasteiger partial charge is 0.202 e. The van der Waals surface area contributed by atoms with Gasteiger partial charge in [0.2, 0.25) is 5.13 Å². The largest absolute Gasteiger partial charge is 0.355 e. The topological polar surface area (TPSA) is 50.7 Å². The Balaban J connectivity index is 1.65. The quantitative estimate of drug-likeness (QED) is 0.758. The van der Waals surface area contributed by atoms with Gasteiger partial charge in [-0.2, -0.15) is 4.37 Å². The fraction of sp³-hybridized carbons (Fsp3) is 0.267. The minimum atomic E-state index is 0.362. The van der Waals surface area contributed by atoms with Crippen molar-refractivity contribution < 1.29 is 0 Å². The lowest BCUT2D eigenvalue weighted by Crippen LogP contribution is -2.00. The zero-order valence-electron chi connectivity index (χ0n) is 11.9. The van der Waals surface area contributed by atoms with Crippen molar-refractivity contribution in [2.24, 2.45) is 0 Å². The lowest BCUT2D eigenvalue weighted by atomic mass is 10.2.